The number of methoxy groups -OCH3 is 2. The van der Waals surface area contributed by atoms with Gasteiger partial charge >= 0.3 is 0 Å². The van der Waals surface area contributed by atoms with Crippen molar-refractivity contribution in [2.24, 2.45) is 0 Å². The first-order chi connectivity index (χ1) is 13.1. The van der Waals surface area contributed by atoms with Gasteiger partial charge in [-0.25, -0.2) is 0 Å². The third-order valence-corrected chi connectivity index (χ3v) is 5.19. The Morgan fingerprint density at radius 2 is 1.96 bits per heavy atom. The van der Waals surface area contributed by atoms with Crippen LogP contribution < -0.4 is 14.8 Å². The van der Waals surface area contributed by atoms with Crippen molar-refractivity contribution < 1.29 is 14.3 Å². The van der Waals surface area contributed by atoms with Crippen LogP contribution in [-0.2, 0) is 4.79 Å². The maximum Gasteiger partial charge on any atom is 0.234 e. The van der Waals surface area contributed by atoms with Gasteiger partial charge < -0.3 is 14.8 Å². The lowest BCUT2D eigenvalue weighted by atomic mass is 9.99. The second kappa shape index (κ2) is 8.91. The highest BCUT2D eigenvalue weighted by Gasteiger charge is 2.25. The fourth-order valence-corrected chi connectivity index (χ4v) is 3.72. The zero-order valence-corrected chi connectivity index (χ0v) is 16.3. The van der Waals surface area contributed by atoms with Gasteiger partial charge in [-0.2, -0.15) is 0 Å². The van der Waals surface area contributed by atoms with Gasteiger partial charge in [0, 0.05) is 12.1 Å². The molecule has 2 unspecified atom stereocenters. The van der Waals surface area contributed by atoms with Crippen molar-refractivity contribution in [1.29, 1.82) is 0 Å². The van der Waals surface area contributed by atoms with Crippen LogP contribution >= 0.6 is 0 Å². The molecular formula is C22H28N2O3. The monoisotopic (exact) mass is 368 g/mol. The molecule has 0 saturated carbocycles. The normalized spacial score (nSPS) is 18.1. The van der Waals surface area contributed by atoms with Gasteiger partial charge in [-0.1, -0.05) is 30.3 Å². The first-order valence-electron chi connectivity index (χ1n) is 9.39. The van der Waals surface area contributed by atoms with Crippen LogP contribution in [-0.4, -0.2) is 44.7 Å². The van der Waals surface area contributed by atoms with Crippen molar-refractivity contribution in [2.45, 2.75) is 25.3 Å². The summed E-state index contributed by atoms with van der Waals surface area (Å²) in [7, 11) is 3.26. The lowest BCUT2D eigenvalue weighted by Crippen LogP contribution is -2.37. The summed E-state index contributed by atoms with van der Waals surface area (Å²) in [5, 5.41) is 3.09. The maximum absolute atomic E-state index is 12.6. The third kappa shape index (κ3) is 4.80. The van der Waals surface area contributed by atoms with E-state index in [0.29, 0.717) is 12.5 Å². The number of rotatable bonds is 7. The SMILES string of the molecule is COc1ccc(OC)c(C(C)NC(=O)CN2CCC(c3ccccc3)C2)c1. The quantitative estimate of drug-likeness (QED) is 0.814. The molecule has 144 valence electrons. The minimum atomic E-state index is -0.157. The number of nitrogens with one attached hydrogen (secondary N) is 1. The van der Waals surface area contributed by atoms with E-state index in [1.807, 2.05) is 31.2 Å². The van der Waals surface area contributed by atoms with E-state index in [-0.39, 0.29) is 11.9 Å². The van der Waals surface area contributed by atoms with Gasteiger partial charge in [-0.05, 0) is 49.6 Å². The molecule has 2 aromatic carbocycles. The van der Waals surface area contributed by atoms with E-state index in [1.54, 1.807) is 14.2 Å². The summed E-state index contributed by atoms with van der Waals surface area (Å²) < 4.78 is 10.7. The first-order valence-corrected chi connectivity index (χ1v) is 9.39. The molecule has 2 atom stereocenters. The molecule has 0 radical (unpaired) electrons. The minimum Gasteiger partial charge on any atom is -0.497 e. The van der Waals surface area contributed by atoms with Gasteiger partial charge in [0.15, 0.2) is 0 Å². The van der Waals surface area contributed by atoms with Gasteiger partial charge in [0.05, 0.1) is 26.8 Å². The van der Waals surface area contributed by atoms with Crippen LogP contribution in [0.3, 0.4) is 0 Å². The number of nitrogens with zero attached hydrogens (tertiary/aromatic N) is 1. The van der Waals surface area contributed by atoms with Crippen LogP contribution in [0.1, 0.15) is 36.4 Å². The van der Waals surface area contributed by atoms with E-state index in [4.69, 9.17) is 9.47 Å². The smallest absolute Gasteiger partial charge is 0.234 e. The number of amides is 1. The van der Waals surface area contributed by atoms with Crippen molar-refractivity contribution in [3.63, 3.8) is 0 Å². The van der Waals surface area contributed by atoms with Crippen molar-refractivity contribution in [2.75, 3.05) is 33.9 Å². The molecule has 5 heteroatoms. The Balaban J connectivity index is 1.57. The molecule has 1 saturated heterocycles. The molecule has 1 aliphatic heterocycles. The molecule has 5 nitrogen and oxygen atoms in total. The van der Waals surface area contributed by atoms with E-state index in [2.05, 4.69) is 34.5 Å². The summed E-state index contributed by atoms with van der Waals surface area (Å²) in [4.78, 5) is 14.8. The number of hydrogen-bond acceptors (Lipinski definition) is 4. The Labute approximate surface area is 161 Å². The number of carbonyl (C=O) groups is 1. The molecule has 0 spiro atoms. The Kier molecular flexibility index (Phi) is 6.35. The van der Waals surface area contributed by atoms with Gasteiger partial charge in [-0.15, -0.1) is 0 Å². The van der Waals surface area contributed by atoms with Crippen LogP contribution in [0.4, 0.5) is 0 Å². The second-order valence-electron chi connectivity index (χ2n) is 7.03. The van der Waals surface area contributed by atoms with Crippen LogP contribution in [0.5, 0.6) is 11.5 Å². The lowest BCUT2D eigenvalue weighted by molar-refractivity contribution is -0.122. The predicted octanol–water partition coefficient (Wildman–Crippen LogP) is 3.37. The minimum absolute atomic E-state index is 0.0288. The van der Waals surface area contributed by atoms with E-state index >= 15 is 0 Å². The third-order valence-electron chi connectivity index (χ3n) is 5.19. The predicted molar refractivity (Wildman–Crippen MR) is 106 cm³/mol. The van der Waals surface area contributed by atoms with Crippen LogP contribution in [0.25, 0.3) is 0 Å². The van der Waals surface area contributed by atoms with E-state index in [1.165, 1.54) is 5.56 Å². The fourth-order valence-electron chi connectivity index (χ4n) is 3.72. The largest absolute Gasteiger partial charge is 0.497 e. The molecular weight excluding hydrogens is 340 g/mol. The number of likely N-dealkylation sites (tertiary alicyclic amines) is 1. The van der Waals surface area contributed by atoms with Crippen molar-refractivity contribution in [3.8, 4) is 11.5 Å². The molecule has 1 amide bonds. The lowest BCUT2D eigenvalue weighted by Gasteiger charge is -2.21. The zero-order chi connectivity index (χ0) is 19.2. The van der Waals surface area contributed by atoms with Gasteiger partial charge in [0.25, 0.3) is 0 Å². The number of carbonyl (C=O) groups excluding carboxylic acids is 1. The Morgan fingerprint density at radius 3 is 2.67 bits per heavy atom. The molecule has 1 fully saturated rings. The molecule has 27 heavy (non-hydrogen) atoms. The highest BCUT2D eigenvalue weighted by Crippen LogP contribution is 2.30. The number of benzene rings is 2. The highest BCUT2D eigenvalue weighted by molar-refractivity contribution is 5.78. The number of ether oxygens (including phenoxy) is 2. The summed E-state index contributed by atoms with van der Waals surface area (Å²) in [5.41, 5.74) is 2.27. The van der Waals surface area contributed by atoms with Gasteiger partial charge in [0.2, 0.25) is 5.91 Å². The van der Waals surface area contributed by atoms with Crippen LogP contribution in [0.15, 0.2) is 48.5 Å². The van der Waals surface area contributed by atoms with E-state index in [9.17, 15) is 4.79 Å². The van der Waals surface area contributed by atoms with Gasteiger partial charge in [-0.3, -0.25) is 9.69 Å². The molecule has 1 aliphatic rings. The van der Waals surface area contributed by atoms with Gasteiger partial charge in [0.1, 0.15) is 11.5 Å². The Morgan fingerprint density at radius 1 is 1.19 bits per heavy atom. The molecule has 1 heterocycles. The standard InChI is InChI=1S/C22H28N2O3/c1-16(20-13-19(26-2)9-10-21(20)27-3)23-22(25)15-24-12-11-18(14-24)17-7-5-4-6-8-17/h4-10,13,16,18H,11-12,14-15H2,1-3H3,(H,23,25). The summed E-state index contributed by atoms with van der Waals surface area (Å²) >= 11 is 0. The second-order valence-corrected chi connectivity index (χ2v) is 7.03. The highest BCUT2D eigenvalue weighted by atomic mass is 16.5. The maximum atomic E-state index is 12.6. The molecule has 0 aliphatic carbocycles. The van der Waals surface area contributed by atoms with Crippen LogP contribution in [0, 0.1) is 0 Å². The summed E-state index contributed by atoms with van der Waals surface area (Å²) in [6.07, 6.45) is 1.09. The average Bonchev–Trinajstić information content (AvgIpc) is 3.16. The van der Waals surface area contributed by atoms with Crippen molar-refractivity contribution in [1.82, 2.24) is 10.2 Å². The Hall–Kier alpha value is -2.53. The molecule has 3 rings (SSSR count). The Bertz CT molecular complexity index is 763. The molecule has 1 N–H and O–H groups in total. The summed E-state index contributed by atoms with van der Waals surface area (Å²) in [6, 6.07) is 16.0. The molecule has 0 aromatic heterocycles. The van der Waals surface area contributed by atoms with Crippen molar-refractivity contribution >= 4 is 5.91 Å². The zero-order valence-electron chi connectivity index (χ0n) is 16.3. The topological polar surface area (TPSA) is 50.8 Å². The van der Waals surface area contributed by atoms with Crippen LogP contribution in [0.2, 0.25) is 0 Å². The number of hydrogen-bond donors (Lipinski definition) is 1. The summed E-state index contributed by atoms with van der Waals surface area (Å²) in [6.45, 7) is 4.25. The first kappa shape index (κ1) is 19.2. The fraction of sp³-hybridized carbons (Fsp3) is 0.409. The molecule has 2 aromatic rings. The van der Waals surface area contributed by atoms with E-state index < -0.39 is 0 Å². The van der Waals surface area contributed by atoms with E-state index in [0.717, 1.165) is 36.6 Å². The van der Waals surface area contributed by atoms with Crippen molar-refractivity contribution in [3.05, 3.63) is 59.7 Å². The molecule has 0 bridgehead atoms. The summed E-state index contributed by atoms with van der Waals surface area (Å²) in [5.74, 6) is 2.03. The average molecular weight is 368 g/mol.